The summed E-state index contributed by atoms with van der Waals surface area (Å²) in [5.74, 6) is -0.826. The first-order chi connectivity index (χ1) is 27.7. The topological polar surface area (TPSA) is 112 Å². The monoisotopic (exact) mass is 824 g/mol. The van der Waals surface area contributed by atoms with Crippen molar-refractivity contribution in [1.82, 2.24) is 4.90 Å². The Balaban J connectivity index is 4.29. The second-order valence-electron chi connectivity index (χ2n) is 15.6. The van der Waals surface area contributed by atoms with Gasteiger partial charge in [-0.05, 0) is 65.5 Å². The van der Waals surface area contributed by atoms with Crippen molar-refractivity contribution in [3.8, 4) is 0 Å². The number of phosphoric ester groups is 1. The number of hydrogen-bond acceptors (Lipinski definition) is 8. The number of ether oxygens (including phenoxy) is 2. The molecule has 10 heteroatoms. The van der Waals surface area contributed by atoms with Gasteiger partial charge >= 0.3 is 19.8 Å². The summed E-state index contributed by atoms with van der Waals surface area (Å²) in [4.78, 5) is 37.1. The zero-order chi connectivity index (χ0) is 41.9. The van der Waals surface area contributed by atoms with E-state index >= 15 is 0 Å². The summed E-state index contributed by atoms with van der Waals surface area (Å²) in [5.41, 5.74) is 0. The zero-order valence-corrected chi connectivity index (χ0v) is 37.9. The van der Waals surface area contributed by atoms with Crippen LogP contribution in [0.1, 0.15) is 194 Å². The van der Waals surface area contributed by atoms with E-state index in [1.807, 2.05) is 19.0 Å². The van der Waals surface area contributed by atoms with E-state index in [9.17, 15) is 19.0 Å². The molecule has 1 N–H and O–H groups in total. The van der Waals surface area contributed by atoms with Gasteiger partial charge < -0.3 is 19.3 Å². The molecule has 0 radical (unpaired) electrons. The van der Waals surface area contributed by atoms with E-state index in [1.54, 1.807) is 0 Å². The van der Waals surface area contributed by atoms with Gasteiger partial charge in [0.15, 0.2) is 6.10 Å². The average molecular weight is 824 g/mol. The normalized spacial score (nSPS) is 13.8. The van der Waals surface area contributed by atoms with E-state index in [2.05, 4.69) is 62.5 Å². The Morgan fingerprint density at radius 3 is 1.49 bits per heavy atom. The standard InChI is InChI=1S/C47H86NO8P/c1-5-7-9-11-13-15-17-19-21-23-25-27-29-31-33-35-37-39-46(49)53-43-45(44-55-57(51,52)54-42-41-48(3)4)56-47(50)40-38-36-34-32-30-28-26-24-22-20-18-16-14-12-10-8-6-2/h7,9,13,15,19,21,25,27,45H,5-6,8,10-12,14,16-18,20,22-24,26,28-44H2,1-4H3,(H,51,52)/b9-7-,15-13-,21-19-,27-25-. The van der Waals surface area contributed by atoms with Gasteiger partial charge in [-0.25, -0.2) is 4.57 Å². The largest absolute Gasteiger partial charge is 0.472 e. The van der Waals surface area contributed by atoms with Crippen molar-refractivity contribution in [2.75, 3.05) is 40.5 Å². The lowest BCUT2D eigenvalue weighted by Gasteiger charge is -2.20. The highest BCUT2D eigenvalue weighted by molar-refractivity contribution is 7.47. The van der Waals surface area contributed by atoms with Crippen molar-refractivity contribution in [1.29, 1.82) is 0 Å². The smallest absolute Gasteiger partial charge is 0.462 e. The van der Waals surface area contributed by atoms with Crippen molar-refractivity contribution in [3.63, 3.8) is 0 Å². The number of unbranched alkanes of at least 4 members (excludes halogenated alkanes) is 20. The van der Waals surface area contributed by atoms with Crippen molar-refractivity contribution in [3.05, 3.63) is 48.6 Å². The third-order valence-electron chi connectivity index (χ3n) is 9.65. The lowest BCUT2D eigenvalue weighted by Crippen LogP contribution is -2.29. The van der Waals surface area contributed by atoms with Crippen molar-refractivity contribution in [2.45, 2.75) is 200 Å². The molecule has 0 saturated carbocycles. The molecule has 0 aromatic carbocycles. The highest BCUT2D eigenvalue weighted by Crippen LogP contribution is 2.43. The van der Waals surface area contributed by atoms with Crippen molar-refractivity contribution >= 4 is 19.8 Å². The molecule has 2 atom stereocenters. The van der Waals surface area contributed by atoms with E-state index in [1.165, 1.54) is 89.9 Å². The SMILES string of the molecule is CC/C=C\C/C=C\C/C=C\C/C=C\CCCCCCC(=O)OCC(COP(=O)(O)OCCN(C)C)OC(=O)CCCCCCCCCCCCCCCCCCC. The quantitative estimate of drug-likeness (QED) is 0.0278. The second kappa shape index (κ2) is 42.1. The number of rotatable bonds is 42. The molecule has 0 aliphatic rings. The van der Waals surface area contributed by atoms with Crippen LogP contribution in [0, 0.1) is 0 Å². The zero-order valence-electron chi connectivity index (χ0n) is 37.0. The van der Waals surface area contributed by atoms with Crippen LogP contribution in [0.5, 0.6) is 0 Å². The van der Waals surface area contributed by atoms with Crippen LogP contribution in [-0.2, 0) is 32.7 Å². The number of phosphoric acid groups is 1. The minimum Gasteiger partial charge on any atom is -0.462 e. The first-order valence-electron chi connectivity index (χ1n) is 22.9. The summed E-state index contributed by atoms with van der Waals surface area (Å²) >= 11 is 0. The molecular weight excluding hydrogens is 737 g/mol. The van der Waals surface area contributed by atoms with Gasteiger partial charge in [-0.15, -0.1) is 0 Å². The Morgan fingerprint density at radius 2 is 1.00 bits per heavy atom. The fourth-order valence-corrected chi connectivity index (χ4v) is 6.89. The summed E-state index contributed by atoms with van der Waals surface area (Å²) < 4.78 is 33.5. The minimum absolute atomic E-state index is 0.00295. The molecule has 0 aromatic rings. The molecule has 0 fully saturated rings. The Bertz CT molecular complexity index is 1090. The van der Waals surface area contributed by atoms with Crippen molar-refractivity contribution in [2.24, 2.45) is 0 Å². The molecule has 0 aromatic heterocycles. The van der Waals surface area contributed by atoms with E-state index < -0.39 is 32.5 Å². The lowest BCUT2D eigenvalue weighted by molar-refractivity contribution is -0.161. The van der Waals surface area contributed by atoms with E-state index in [4.69, 9.17) is 18.5 Å². The Labute approximate surface area is 350 Å². The number of allylic oxidation sites excluding steroid dienone is 8. The number of hydrogen-bond donors (Lipinski definition) is 1. The van der Waals surface area contributed by atoms with Gasteiger partial charge in [-0.1, -0.05) is 178 Å². The number of carbonyl (C=O) groups excluding carboxylic acids is 2. The van der Waals surface area contributed by atoms with E-state index in [0.29, 0.717) is 19.4 Å². The van der Waals surface area contributed by atoms with Gasteiger partial charge in [0.25, 0.3) is 0 Å². The van der Waals surface area contributed by atoms with Gasteiger partial charge in [0.05, 0.1) is 13.2 Å². The highest BCUT2D eigenvalue weighted by atomic mass is 31.2. The molecule has 9 nitrogen and oxygen atoms in total. The second-order valence-corrected chi connectivity index (χ2v) is 17.0. The number of nitrogens with zero attached hydrogens (tertiary/aromatic N) is 1. The van der Waals surface area contributed by atoms with Gasteiger partial charge in [0, 0.05) is 19.4 Å². The Kier molecular flexibility index (Phi) is 40.6. The van der Waals surface area contributed by atoms with Gasteiger partial charge in [-0.3, -0.25) is 18.6 Å². The summed E-state index contributed by atoms with van der Waals surface area (Å²) in [5, 5.41) is 0. The van der Waals surface area contributed by atoms with Crippen LogP contribution in [0.15, 0.2) is 48.6 Å². The predicted octanol–water partition coefficient (Wildman–Crippen LogP) is 13.3. The van der Waals surface area contributed by atoms with E-state index in [0.717, 1.165) is 64.2 Å². The summed E-state index contributed by atoms with van der Waals surface area (Å²) in [6.07, 6.45) is 47.2. The molecule has 0 bridgehead atoms. The number of likely N-dealkylation sites (N-methyl/N-ethyl adjacent to an activating group) is 1. The first-order valence-corrected chi connectivity index (χ1v) is 24.4. The molecule has 0 spiro atoms. The van der Waals surface area contributed by atoms with Crippen LogP contribution in [-0.4, -0.2) is 68.3 Å². The molecule has 332 valence electrons. The lowest BCUT2D eigenvalue weighted by atomic mass is 10.0. The fourth-order valence-electron chi connectivity index (χ4n) is 6.15. The predicted molar refractivity (Wildman–Crippen MR) is 238 cm³/mol. The Morgan fingerprint density at radius 1 is 0.561 bits per heavy atom. The average Bonchev–Trinajstić information content (AvgIpc) is 3.18. The van der Waals surface area contributed by atoms with Gasteiger partial charge in [-0.2, -0.15) is 0 Å². The summed E-state index contributed by atoms with van der Waals surface area (Å²) in [6.45, 7) is 4.20. The number of esters is 2. The molecular formula is C47H86NO8P. The maximum Gasteiger partial charge on any atom is 0.472 e. The molecule has 0 aliphatic carbocycles. The molecule has 0 saturated heterocycles. The summed E-state index contributed by atoms with van der Waals surface area (Å²) in [6, 6.07) is 0. The molecule has 57 heavy (non-hydrogen) atoms. The Hall–Kier alpha value is -2.03. The van der Waals surface area contributed by atoms with Crippen LogP contribution in [0.4, 0.5) is 0 Å². The van der Waals surface area contributed by atoms with Gasteiger partial charge in [0.1, 0.15) is 6.61 Å². The molecule has 0 rings (SSSR count). The minimum atomic E-state index is -4.37. The molecule has 2 unspecified atom stereocenters. The van der Waals surface area contributed by atoms with Crippen molar-refractivity contribution < 1.29 is 37.6 Å². The van der Waals surface area contributed by atoms with Crippen LogP contribution in [0.2, 0.25) is 0 Å². The third-order valence-corrected chi connectivity index (χ3v) is 10.6. The number of carbonyl (C=O) groups is 2. The highest BCUT2D eigenvalue weighted by Gasteiger charge is 2.26. The molecule has 0 amide bonds. The fraction of sp³-hybridized carbons (Fsp3) is 0.787. The van der Waals surface area contributed by atoms with Crippen LogP contribution in [0.3, 0.4) is 0 Å². The van der Waals surface area contributed by atoms with E-state index in [-0.39, 0.29) is 26.1 Å². The third kappa shape index (κ3) is 43.4. The first kappa shape index (κ1) is 55.0. The molecule has 0 aliphatic heterocycles. The van der Waals surface area contributed by atoms with Crippen LogP contribution in [0.25, 0.3) is 0 Å². The maximum atomic E-state index is 12.7. The van der Waals surface area contributed by atoms with Crippen LogP contribution >= 0.6 is 7.82 Å². The maximum absolute atomic E-state index is 12.7. The molecule has 0 heterocycles. The van der Waals surface area contributed by atoms with Crippen LogP contribution < -0.4 is 0 Å². The summed E-state index contributed by atoms with van der Waals surface area (Å²) in [7, 11) is -0.723. The van der Waals surface area contributed by atoms with Gasteiger partial charge in [0.2, 0.25) is 0 Å².